The van der Waals surface area contributed by atoms with Crippen LogP contribution in [-0.2, 0) is 11.2 Å². The van der Waals surface area contributed by atoms with Crippen LogP contribution < -0.4 is 14.8 Å². The van der Waals surface area contributed by atoms with E-state index in [9.17, 15) is 4.79 Å². The molecule has 0 saturated carbocycles. The fourth-order valence-corrected chi connectivity index (χ4v) is 5.79. The van der Waals surface area contributed by atoms with Gasteiger partial charge >= 0.3 is 0 Å². The van der Waals surface area contributed by atoms with E-state index in [-0.39, 0.29) is 11.8 Å². The topological polar surface area (TPSA) is 50.8 Å². The first kappa shape index (κ1) is 28.1. The smallest absolute Gasteiger partial charge is 0.226 e. The summed E-state index contributed by atoms with van der Waals surface area (Å²) in [6, 6.07) is 21.3. The summed E-state index contributed by atoms with van der Waals surface area (Å²) >= 11 is 1.73. The lowest BCUT2D eigenvalue weighted by Crippen LogP contribution is -2.34. The second kappa shape index (κ2) is 13.2. The second-order valence-corrected chi connectivity index (χ2v) is 11.5. The molecule has 0 unspecified atom stereocenters. The zero-order valence-electron chi connectivity index (χ0n) is 23.3. The Morgan fingerprint density at radius 2 is 1.63 bits per heavy atom. The predicted molar refractivity (Wildman–Crippen MR) is 157 cm³/mol. The number of nitrogens with one attached hydrogen (secondary N) is 1. The van der Waals surface area contributed by atoms with Crippen LogP contribution in [0, 0.1) is 12.8 Å². The molecule has 3 aromatic rings. The van der Waals surface area contributed by atoms with E-state index in [4.69, 9.17) is 9.47 Å². The van der Waals surface area contributed by atoms with E-state index in [2.05, 4.69) is 59.6 Å². The number of rotatable bonds is 10. The number of hydrogen-bond donors (Lipinski definition) is 1. The Morgan fingerprint density at radius 1 is 0.947 bits per heavy atom. The molecule has 202 valence electrons. The molecule has 38 heavy (non-hydrogen) atoms. The van der Waals surface area contributed by atoms with Crippen LogP contribution in [0.15, 0.2) is 70.5 Å². The number of nitrogens with zero attached hydrogens (tertiary/aromatic N) is 1. The molecule has 1 fully saturated rings. The van der Waals surface area contributed by atoms with Crippen LogP contribution in [0.1, 0.15) is 49.3 Å². The maximum absolute atomic E-state index is 12.1. The average molecular weight is 533 g/mol. The van der Waals surface area contributed by atoms with Crippen LogP contribution in [-0.4, -0.2) is 44.7 Å². The molecule has 0 aliphatic carbocycles. The molecule has 0 bridgehead atoms. The van der Waals surface area contributed by atoms with Gasteiger partial charge in [-0.05, 0) is 104 Å². The minimum Gasteiger partial charge on any atom is -0.493 e. The summed E-state index contributed by atoms with van der Waals surface area (Å²) in [7, 11) is 3.32. The van der Waals surface area contributed by atoms with Gasteiger partial charge in [0.25, 0.3) is 0 Å². The molecule has 1 aliphatic heterocycles. The van der Waals surface area contributed by atoms with Gasteiger partial charge in [0.2, 0.25) is 5.91 Å². The van der Waals surface area contributed by atoms with E-state index in [0.717, 1.165) is 61.0 Å². The van der Waals surface area contributed by atoms with Crippen molar-refractivity contribution in [2.45, 2.75) is 55.7 Å². The fraction of sp³-hybridized carbons (Fsp3) is 0.406. The number of likely N-dealkylation sites (tertiary alicyclic amines) is 1. The van der Waals surface area contributed by atoms with Crippen molar-refractivity contribution in [3.63, 3.8) is 0 Å². The van der Waals surface area contributed by atoms with E-state index in [1.807, 2.05) is 32.0 Å². The van der Waals surface area contributed by atoms with E-state index in [0.29, 0.717) is 5.92 Å². The largest absolute Gasteiger partial charge is 0.493 e. The molecular weight excluding hydrogens is 492 g/mol. The number of methoxy groups -OCH3 is 2. The van der Waals surface area contributed by atoms with E-state index >= 15 is 0 Å². The van der Waals surface area contributed by atoms with Gasteiger partial charge in [-0.3, -0.25) is 4.79 Å². The Labute approximate surface area is 231 Å². The van der Waals surface area contributed by atoms with Crippen LogP contribution in [0.5, 0.6) is 11.5 Å². The number of piperidine rings is 1. The maximum Gasteiger partial charge on any atom is 0.226 e. The van der Waals surface area contributed by atoms with Gasteiger partial charge in [0.05, 0.1) is 14.2 Å². The first-order chi connectivity index (χ1) is 18.4. The zero-order valence-corrected chi connectivity index (χ0v) is 24.1. The van der Waals surface area contributed by atoms with Crippen molar-refractivity contribution in [3.8, 4) is 11.5 Å². The van der Waals surface area contributed by atoms with Gasteiger partial charge in [0, 0.05) is 27.9 Å². The summed E-state index contributed by atoms with van der Waals surface area (Å²) in [5.74, 6) is 2.10. The predicted octanol–water partition coefficient (Wildman–Crippen LogP) is 7.18. The summed E-state index contributed by atoms with van der Waals surface area (Å²) in [5, 5.41) is 3.06. The molecule has 1 heterocycles. The zero-order chi connectivity index (χ0) is 27.1. The number of aryl methyl sites for hydroxylation is 1. The van der Waals surface area contributed by atoms with Gasteiger partial charge in [0.1, 0.15) is 0 Å². The molecule has 6 heteroatoms. The molecule has 1 saturated heterocycles. The quantitative estimate of drug-likeness (QED) is 0.300. The lowest BCUT2D eigenvalue weighted by atomic mass is 9.86. The summed E-state index contributed by atoms with van der Waals surface area (Å²) in [6.07, 6.45) is 3.37. The molecule has 4 rings (SSSR count). The van der Waals surface area contributed by atoms with Crippen molar-refractivity contribution in [1.82, 2.24) is 4.90 Å². The number of benzene rings is 3. The van der Waals surface area contributed by atoms with Crippen molar-refractivity contribution in [2.75, 3.05) is 39.2 Å². The van der Waals surface area contributed by atoms with E-state index in [1.54, 1.807) is 26.0 Å². The molecule has 5 nitrogen and oxygen atoms in total. The lowest BCUT2D eigenvalue weighted by Gasteiger charge is -2.33. The minimum absolute atomic E-state index is 0.0180. The summed E-state index contributed by atoms with van der Waals surface area (Å²) in [5.41, 5.74) is 4.98. The Balaban J connectivity index is 1.26. The van der Waals surface area contributed by atoms with Crippen molar-refractivity contribution in [3.05, 3.63) is 77.4 Å². The number of amides is 1. The Morgan fingerprint density at radius 3 is 2.29 bits per heavy atom. The van der Waals surface area contributed by atoms with Crippen LogP contribution in [0.25, 0.3) is 0 Å². The van der Waals surface area contributed by atoms with E-state index < -0.39 is 0 Å². The molecule has 1 amide bonds. The third-order valence-corrected chi connectivity index (χ3v) is 8.33. The molecule has 0 radical (unpaired) electrons. The number of carbonyl (C=O) groups excluding carboxylic acids is 1. The summed E-state index contributed by atoms with van der Waals surface area (Å²) in [4.78, 5) is 17.1. The first-order valence-corrected chi connectivity index (χ1v) is 14.3. The number of hydrogen-bond acceptors (Lipinski definition) is 5. The van der Waals surface area contributed by atoms with Crippen LogP contribution in [0.3, 0.4) is 0 Å². The van der Waals surface area contributed by atoms with Crippen LogP contribution >= 0.6 is 11.8 Å². The summed E-state index contributed by atoms with van der Waals surface area (Å²) < 4.78 is 10.8. The van der Waals surface area contributed by atoms with E-state index in [1.165, 1.54) is 21.6 Å². The highest BCUT2D eigenvalue weighted by atomic mass is 32.2. The van der Waals surface area contributed by atoms with Crippen LogP contribution in [0.2, 0.25) is 0 Å². The van der Waals surface area contributed by atoms with Crippen LogP contribution in [0.4, 0.5) is 5.69 Å². The van der Waals surface area contributed by atoms with Gasteiger partial charge < -0.3 is 19.7 Å². The number of anilines is 1. The molecule has 1 N–H and O–H groups in total. The highest BCUT2D eigenvalue weighted by molar-refractivity contribution is 7.99. The minimum atomic E-state index is -0.0180. The third kappa shape index (κ3) is 7.33. The molecule has 0 aromatic heterocycles. The Hall–Kier alpha value is -2.96. The highest BCUT2D eigenvalue weighted by Crippen LogP contribution is 2.35. The van der Waals surface area contributed by atoms with Gasteiger partial charge in [-0.15, -0.1) is 0 Å². The average Bonchev–Trinajstić information content (AvgIpc) is 2.94. The number of carbonyl (C=O) groups is 1. The molecule has 0 atom stereocenters. The third-order valence-electron chi connectivity index (χ3n) is 7.33. The Bertz CT molecular complexity index is 1220. The monoisotopic (exact) mass is 532 g/mol. The van der Waals surface area contributed by atoms with Crippen molar-refractivity contribution in [2.24, 2.45) is 5.92 Å². The van der Waals surface area contributed by atoms with Crippen molar-refractivity contribution < 1.29 is 14.3 Å². The second-order valence-electron chi connectivity index (χ2n) is 10.3. The highest BCUT2D eigenvalue weighted by Gasteiger charge is 2.22. The van der Waals surface area contributed by atoms with Gasteiger partial charge in [-0.25, -0.2) is 0 Å². The van der Waals surface area contributed by atoms with Gasteiger partial charge in [0.15, 0.2) is 11.5 Å². The van der Waals surface area contributed by atoms with Crippen molar-refractivity contribution in [1.29, 1.82) is 0 Å². The molecular formula is C32H40N2O3S. The van der Waals surface area contributed by atoms with Gasteiger partial charge in [-0.2, -0.15) is 0 Å². The molecule has 1 aliphatic rings. The maximum atomic E-state index is 12.1. The number of ether oxygens (including phenoxy) is 2. The molecule has 3 aromatic carbocycles. The Kier molecular flexibility index (Phi) is 9.75. The summed E-state index contributed by atoms with van der Waals surface area (Å²) in [6.45, 7) is 9.34. The SMILES string of the molecule is COc1ccc(Sc2ccc(CCN3CCC(c4cc(NC(=O)C(C)C)ccc4C)CC3)cc2)cc1OC. The van der Waals surface area contributed by atoms with Gasteiger partial charge in [-0.1, -0.05) is 43.8 Å². The normalized spacial score (nSPS) is 14.5. The van der Waals surface area contributed by atoms with Crippen molar-refractivity contribution >= 4 is 23.4 Å². The fourth-order valence-electron chi connectivity index (χ4n) is 4.94. The first-order valence-electron chi connectivity index (χ1n) is 13.5. The molecule has 0 spiro atoms. The standard InChI is InChI=1S/C32H40N2O3S/c1-22(2)32(35)33-26-9-6-23(3)29(20-26)25-15-18-34(19-16-25)17-14-24-7-10-27(11-8-24)38-28-12-13-30(36-4)31(21-28)37-5/h6-13,20-22,25H,14-19H2,1-5H3,(H,33,35). The lowest BCUT2D eigenvalue weighted by molar-refractivity contribution is -0.118.